The Morgan fingerprint density at radius 3 is 2.37 bits per heavy atom. The molecule has 1 aromatic carbocycles. The van der Waals surface area contributed by atoms with Gasteiger partial charge in [-0.3, -0.25) is 4.79 Å². The molecule has 2 rings (SSSR count). The van der Waals surface area contributed by atoms with Gasteiger partial charge >= 0.3 is 0 Å². The van der Waals surface area contributed by atoms with Crippen LogP contribution in [0.25, 0.3) is 0 Å². The van der Waals surface area contributed by atoms with E-state index in [1.165, 1.54) is 0 Å². The van der Waals surface area contributed by atoms with Crippen LogP contribution in [0.2, 0.25) is 0 Å². The van der Waals surface area contributed by atoms with Gasteiger partial charge in [-0.15, -0.1) is 0 Å². The van der Waals surface area contributed by atoms with Gasteiger partial charge in [-0.05, 0) is 29.5 Å². The summed E-state index contributed by atoms with van der Waals surface area (Å²) >= 11 is 0. The van der Waals surface area contributed by atoms with Crippen LogP contribution in [0.15, 0.2) is 24.3 Å². The molecule has 0 radical (unpaired) electrons. The zero-order chi connectivity index (χ0) is 14.1. The lowest BCUT2D eigenvalue weighted by Gasteiger charge is -2.20. The molecule has 1 aliphatic rings. The predicted molar refractivity (Wildman–Crippen MR) is 72.1 cm³/mol. The summed E-state index contributed by atoms with van der Waals surface area (Å²) in [6.07, 6.45) is 0.782. The highest BCUT2D eigenvalue weighted by Gasteiger charge is 2.66. The number of rotatable bonds is 5. The molecule has 1 N–H and O–H groups in total. The molecule has 0 aromatic heterocycles. The quantitative estimate of drug-likeness (QED) is 0.888. The fourth-order valence-electron chi connectivity index (χ4n) is 2.82. The van der Waals surface area contributed by atoms with Gasteiger partial charge in [0.2, 0.25) is 5.91 Å². The molecule has 1 aliphatic carbocycles. The third kappa shape index (κ3) is 2.20. The summed E-state index contributed by atoms with van der Waals surface area (Å²) in [5, 5.41) is 2.67. The number of methoxy groups -OCH3 is 1. The molecule has 1 aromatic rings. The number of alkyl halides is 1. The predicted octanol–water partition coefficient (Wildman–Crippen LogP) is 2.45. The topological polar surface area (TPSA) is 38.3 Å². The summed E-state index contributed by atoms with van der Waals surface area (Å²) in [6.45, 7) is 3.66. The second kappa shape index (κ2) is 4.83. The lowest BCUT2D eigenvalue weighted by molar-refractivity contribution is -0.124. The second-order valence-corrected chi connectivity index (χ2v) is 5.64. The van der Waals surface area contributed by atoms with Gasteiger partial charge in [0.1, 0.15) is 12.4 Å². The van der Waals surface area contributed by atoms with Gasteiger partial charge in [0.05, 0.1) is 12.5 Å². The van der Waals surface area contributed by atoms with Gasteiger partial charge in [-0.1, -0.05) is 26.0 Å². The number of carbonyl (C=O) groups excluding carboxylic acids is 1. The Morgan fingerprint density at radius 2 is 1.95 bits per heavy atom. The number of carbonyl (C=O) groups is 1. The van der Waals surface area contributed by atoms with Crippen LogP contribution in [0.4, 0.5) is 4.39 Å². The van der Waals surface area contributed by atoms with E-state index in [9.17, 15) is 9.18 Å². The third-order valence-corrected chi connectivity index (χ3v) is 4.09. The zero-order valence-corrected chi connectivity index (χ0v) is 11.6. The molecule has 1 saturated carbocycles. The van der Waals surface area contributed by atoms with E-state index in [0.29, 0.717) is 0 Å². The summed E-state index contributed by atoms with van der Waals surface area (Å²) in [5.74, 6) is 0.682. The molecule has 0 saturated heterocycles. The van der Waals surface area contributed by atoms with Gasteiger partial charge in [0.15, 0.2) is 0 Å². The van der Waals surface area contributed by atoms with Crippen LogP contribution >= 0.6 is 0 Å². The van der Waals surface area contributed by atoms with Crippen molar-refractivity contribution in [2.45, 2.75) is 25.7 Å². The standard InChI is InChI=1S/C15H20FNO2/c1-14(2)10-15(14,13(18)17-9-8-16)11-4-6-12(19-3)7-5-11/h4-7H,8-10H2,1-3H3,(H,17,18)/t15-/m0/s1. The first-order chi connectivity index (χ1) is 8.98. The molecule has 0 aliphatic heterocycles. The van der Waals surface area contributed by atoms with Crippen LogP contribution in [0, 0.1) is 5.41 Å². The first-order valence-corrected chi connectivity index (χ1v) is 6.47. The maximum Gasteiger partial charge on any atom is 0.231 e. The lowest BCUT2D eigenvalue weighted by atomic mass is 9.87. The molecule has 0 bridgehead atoms. The maximum atomic E-state index is 12.3. The summed E-state index contributed by atoms with van der Waals surface area (Å²) in [4.78, 5) is 12.3. The number of amides is 1. The molecule has 1 amide bonds. The average molecular weight is 265 g/mol. The van der Waals surface area contributed by atoms with Crippen LogP contribution in [-0.2, 0) is 10.2 Å². The molecule has 3 nitrogen and oxygen atoms in total. The minimum atomic E-state index is -0.537. The highest BCUT2D eigenvalue weighted by Crippen LogP contribution is 2.64. The van der Waals surface area contributed by atoms with Crippen molar-refractivity contribution >= 4 is 5.91 Å². The Kier molecular flexibility index (Phi) is 3.52. The maximum absolute atomic E-state index is 12.3. The number of hydrogen-bond donors (Lipinski definition) is 1. The Bertz CT molecular complexity index is 470. The number of halogens is 1. The van der Waals surface area contributed by atoms with E-state index in [2.05, 4.69) is 19.2 Å². The van der Waals surface area contributed by atoms with Crippen molar-refractivity contribution in [2.75, 3.05) is 20.3 Å². The monoisotopic (exact) mass is 265 g/mol. The van der Waals surface area contributed by atoms with E-state index in [1.54, 1.807) is 7.11 Å². The summed E-state index contributed by atoms with van der Waals surface area (Å²) in [6, 6.07) is 7.55. The second-order valence-electron chi connectivity index (χ2n) is 5.64. The van der Waals surface area contributed by atoms with E-state index in [4.69, 9.17) is 4.74 Å². The van der Waals surface area contributed by atoms with Crippen molar-refractivity contribution in [1.29, 1.82) is 0 Å². The molecular weight excluding hydrogens is 245 g/mol. The molecule has 4 heteroatoms. The first kappa shape index (κ1) is 13.8. The van der Waals surface area contributed by atoms with E-state index in [-0.39, 0.29) is 17.9 Å². The lowest BCUT2D eigenvalue weighted by Crippen LogP contribution is -2.38. The van der Waals surface area contributed by atoms with Gasteiger partial charge in [-0.25, -0.2) is 4.39 Å². The van der Waals surface area contributed by atoms with Crippen molar-refractivity contribution in [3.05, 3.63) is 29.8 Å². The SMILES string of the molecule is COc1ccc([C@]2(C(=O)NCCF)CC2(C)C)cc1. The summed E-state index contributed by atoms with van der Waals surface area (Å²) in [7, 11) is 1.61. The molecule has 0 heterocycles. The number of ether oxygens (including phenoxy) is 1. The Morgan fingerprint density at radius 1 is 1.37 bits per heavy atom. The first-order valence-electron chi connectivity index (χ1n) is 6.47. The third-order valence-electron chi connectivity index (χ3n) is 4.09. The van der Waals surface area contributed by atoms with Crippen molar-refractivity contribution < 1.29 is 13.9 Å². The van der Waals surface area contributed by atoms with Crippen molar-refractivity contribution in [1.82, 2.24) is 5.32 Å². The number of hydrogen-bond acceptors (Lipinski definition) is 2. The van der Waals surface area contributed by atoms with Crippen LogP contribution in [0.5, 0.6) is 5.75 Å². The van der Waals surface area contributed by atoms with E-state index in [1.807, 2.05) is 24.3 Å². The molecule has 1 atom stereocenters. The molecule has 0 unspecified atom stereocenters. The van der Waals surface area contributed by atoms with E-state index >= 15 is 0 Å². The number of benzene rings is 1. The van der Waals surface area contributed by atoms with Crippen LogP contribution in [-0.4, -0.2) is 26.2 Å². The van der Waals surface area contributed by atoms with Gasteiger partial charge < -0.3 is 10.1 Å². The van der Waals surface area contributed by atoms with Gasteiger partial charge in [0, 0.05) is 6.54 Å². The highest BCUT2D eigenvalue weighted by atomic mass is 19.1. The van der Waals surface area contributed by atoms with Crippen molar-refractivity contribution in [3.8, 4) is 5.75 Å². The van der Waals surface area contributed by atoms with Gasteiger partial charge in [-0.2, -0.15) is 0 Å². The van der Waals surface area contributed by atoms with Crippen LogP contribution in [0.1, 0.15) is 25.8 Å². The van der Waals surface area contributed by atoms with Crippen molar-refractivity contribution in [2.24, 2.45) is 5.41 Å². The minimum Gasteiger partial charge on any atom is -0.497 e. The highest BCUT2D eigenvalue weighted by molar-refractivity contribution is 5.93. The van der Waals surface area contributed by atoms with Gasteiger partial charge in [0.25, 0.3) is 0 Å². The fourth-order valence-corrected chi connectivity index (χ4v) is 2.82. The van der Waals surface area contributed by atoms with E-state index in [0.717, 1.165) is 17.7 Å². The van der Waals surface area contributed by atoms with E-state index < -0.39 is 12.1 Å². The summed E-state index contributed by atoms with van der Waals surface area (Å²) in [5.41, 5.74) is 0.339. The Labute approximate surface area is 113 Å². The molecule has 1 fully saturated rings. The largest absolute Gasteiger partial charge is 0.497 e. The number of nitrogens with one attached hydrogen (secondary N) is 1. The molecule has 0 spiro atoms. The molecule has 19 heavy (non-hydrogen) atoms. The Balaban J connectivity index is 2.27. The molecular formula is C15H20FNO2. The minimum absolute atomic E-state index is 0.0762. The molecule has 104 valence electrons. The Hall–Kier alpha value is -1.58. The average Bonchev–Trinajstić information content (AvgIpc) is 3.00. The van der Waals surface area contributed by atoms with Crippen LogP contribution in [0.3, 0.4) is 0 Å². The normalized spacial score (nSPS) is 23.8. The fraction of sp³-hybridized carbons (Fsp3) is 0.533. The zero-order valence-electron chi connectivity index (χ0n) is 11.6. The van der Waals surface area contributed by atoms with Crippen molar-refractivity contribution in [3.63, 3.8) is 0 Å². The summed E-state index contributed by atoms with van der Waals surface area (Å²) < 4.78 is 17.4. The smallest absolute Gasteiger partial charge is 0.231 e. The van der Waals surface area contributed by atoms with Crippen LogP contribution < -0.4 is 10.1 Å².